The molecule has 0 amide bonds. The summed E-state index contributed by atoms with van der Waals surface area (Å²) in [7, 11) is 3.29. The van der Waals surface area contributed by atoms with Crippen molar-refractivity contribution in [1.82, 2.24) is 5.16 Å². The van der Waals surface area contributed by atoms with Crippen LogP contribution < -0.4 is 10.1 Å². The zero-order chi connectivity index (χ0) is 6.69. The molecule has 0 aliphatic heterocycles. The first-order valence-corrected chi connectivity index (χ1v) is 2.55. The molecule has 0 aliphatic carbocycles. The number of hydrogen-bond acceptors (Lipinski definition) is 4. The summed E-state index contributed by atoms with van der Waals surface area (Å²) in [5.41, 5.74) is 0. The van der Waals surface area contributed by atoms with Gasteiger partial charge in [0.05, 0.1) is 13.2 Å². The van der Waals surface area contributed by atoms with Crippen molar-refractivity contribution in [2.75, 3.05) is 19.5 Å². The second kappa shape index (κ2) is 2.39. The summed E-state index contributed by atoms with van der Waals surface area (Å²) in [6, 6.07) is 1.67. The van der Waals surface area contributed by atoms with Crippen molar-refractivity contribution in [2.24, 2.45) is 0 Å². The maximum atomic E-state index is 4.73. The van der Waals surface area contributed by atoms with Crippen LogP contribution in [0.2, 0.25) is 0 Å². The molecule has 0 aliphatic rings. The normalized spacial score (nSPS) is 9.11. The first-order valence-electron chi connectivity index (χ1n) is 2.55. The number of anilines is 1. The Kier molecular flexibility index (Phi) is 1.58. The van der Waals surface area contributed by atoms with Gasteiger partial charge in [0.25, 0.3) is 0 Å². The summed E-state index contributed by atoms with van der Waals surface area (Å²) >= 11 is 0. The number of nitrogens with zero attached hydrogens (tertiary/aromatic N) is 1. The molecule has 0 unspecified atom stereocenters. The monoisotopic (exact) mass is 128 g/mol. The highest BCUT2D eigenvalue weighted by Crippen LogP contribution is 2.14. The lowest BCUT2D eigenvalue weighted by atomic mass is 10.6. The number of aromatic nitrogens is 1. The fourth-order valence-corrected chi connectivity index (χ4v) is 0.473. The number of hydrogen-bond donors (Lipinski definition) is 1. The minimum atomic E-state index is 0.416. The average Bonchev–Trinajstić information content (AvgIpc) is 2.34. The Morgan fingerprint density at radius 1 is 1.78 bits per heavy atom. The van der Waals surface area contributed by atoms with Crippen LogP contribution in [0.4, 0.5) is 5.82 Å². The zero-order valence-corrected chi connectivity index (χ0v) is 5.34. The minimum Gasteiger partial charge on any atom is -0.467 e. The van der Waals surface area contributed by atoms with E-state index < -0.39 is 0 Å². The van der Waals surface area contributed by atoms with E-state index in [1.165, 1.54) is 7.11 Å². The van der Waals surface area contributed by atoms with E-state index in [0.717, 1.165) is 0 Å². The lowest BCUT2D eigenvalue weighted by Crippen LogP contribution is -1.85. The van der Waals surface area contributed by atoms with Crippen molar-refractivity contribution in [3.8, 4) is 5.95 Å². The van der Waals surface area contributed by atoms with Gasteiger partial charge in [0.1, 0.15) is 0 Å². The van der Waals surface area contributed by atoms with Crippen LogP contribution in [-0.2, 0) is 0 Å². The smallest absolute Gasteiger partial charge is 0.313 e. The van der Waals surface area contributed by atoms with Gasteiger partial charge in [0, 0.05) is 7.05 Å². The largest absolute Gasteiger partial charge is 0.467 e. The highest BCUT2D eigenvalue weighted by molar-refractivity contribution is 5.34. The SMILES string of the molecule is CNc1cc(OC)on1. The molecule has 0 aromatic carbocycles. The highest BCUT2D eigenvalue weighted by atomic mass is 16.6. The molecule has 9 heavy (non-hydrogen) atoms. The van der Waals surface area contributed by atoms with Crippen molar-refractivity contribution in [2.45, 2.75) is 0 Å². The molecule has 1 N–H and O–H groups in total. The molecule has 1 aromatic rings. The van der Waals surface area contributed by atoms with E-state index in [-0.39, 0.29) is 0 Å². The predicted molar refractivity (Wildman–Crippen MR) is 32.6 cm³/mol. The van der Waals surface area contributed by atoms with Gasteiger partial charge in [0.15, 0.2) is 5.82 Å². The summed E-state index contributed by atoms with van der Waals surface area (Å²) < 4.78 is 9.40. The van der Waals surface area contributed by atoms with Gasteiger partial charge in [-0.1, -0.05) is 5.16 Å². The summed E-state index contributed by atoms with van der Waals surface area (Å²) in [6.07, 6.45) is 0. The van der Waals surface area contributed by atoms with Crippen molar-refractivity contribution in [3.63, 3.8) is 0 Å². The third-order valence-electron chi connectivity index (χ3n) is 0.946. The lowest BCUT2D eigenvalue weighted by molar-refractivity contribution is 0.261. The van der Waals surface area contributed by atoms with E-state index in [2.05, 4.69) is 15.0 Å². The Balaban J connectivity index is 2.74. The molecule has 0 spiro atoms. The van der Waals surface area contributed by atoms with Crippen molar-refractivity contribution in [3.05, 3.63) is 6.07 Å². The standard InChI is InChI=1S/C5H8N2O2/c1-6-4-3-5(8-2)9-7-4/h3H,1-2H3,(H,6,7). The predicted octanol–water partition coefficient (Wildman–Crippen LogP) is 0.725. The van der Waals surface area contributed by atoms with Crippen LogP contribution in [-0.4, -0.2) is 19.3 Å². The van der Waals surface area contributed by atoms with Gasteiger partial charge >= 0.3 is 5.95 Å². The Hall–Kier alpha value is -1.19. The molecule has 1 rings (SSSR count). The summed E-state index contributed by atoms with van der Waals surface area (Å²) in [6.45, 7) is 0. The number of methoxy groups -OCH3 is 1. The van der Waals surface area contributed by atoms with E-state index >= 15 is 0 Å². The van der Waals surface area contributed by atoms with Gasteiger partial charge in [0.2, 0.25) is 0 Å². The van der Waals surface area contributed by atoms with E-state index in [1.54, 1.807) is 13.1 Å². The summed E-state index contributed by atoms with van der Waals surface area (Å²) in [5, 5.41) is 6.39. The maximum absolute atomic E-state index is 4.73. The number of rotatable bonds is 2. The van der Waals surface area contributed by atoms with Crippen LogP contribution in [0, 0.1) is 0 Å². The average molecular weight is 128 g/mol. The van der Waals surface area contributed by atoms with Crippen molar-refractivity contribution >= 4 is 5.82 Å². The van der Waals surface area contributed by atoms with Crippen LogP contribution in [0.15, 0.2) is 10.6 Å². The van der Waals surface area contributed by atoms with Crippen LogP contribution in [0.5, 0.6) is 5.95 Å². The fourth-order valence-electron chi connectivity index (χ4n) is 0.473. The molecule has 0 radical (unpaired) electrons. The summed E-state index contributed by atoms with van der Waals surface area (Å²) in [4.78, 5) is 0. The maximum Gasteiger partial charge on any atom is 0.313 e. The topological polar surface area (TPSA) is 47.3 Å². The Morgan fingerprint density at radius 2 is 2.56 bits per heavy atom. The van der Waals surface area contributed by atoms with Gasteiger partial charge in [-0.2, -0.15) is 0 Å². The zero-order valence-electron chi connectivity index (χ0n) is 5.34. The van der Waals surface area contributed by atoms with E-state index in [0.29, 0.717) is 11.8 Å². The quantitative estimate of drug-likeness (QED) is 0.637. The number of ether oxygens (including phenoxy) is 1. The third-order valence-corrected chi connectivity index (χ3v) is 0.946. The van der Waals surface area contributed by atoms with Gasteiger partial charge < -0.3 is 14.6 Å². The van der Waals surface area contributed by atoms with Crippen LogP contribution in [0.25, 0.3) is 0 Å². The second-order valence-corrected chi connectivity index (χ2v) is 1.49. The Labute approximate surface area is 52.8 Å². The first kappa shape index (κ1) is 5.94. The molecule has 1 aromatic heterocycles. The Morgan fingerprint density at radius 3 is 2.89 bits per heavy atom. The second-order valence-electron chi connectivity index (χ2n) is 1.49. The molecule has 1 heterocycles. The molecule has 4 nitrogen and oxygen atoms in total. The third kappa shape index (κ3) is 1.13. The van der Waals surface area contributed by atoms with Crippen molar-refractivity contribution < 1.29 is 9.26 Å². The molecule has 0 saturated carbocycles. The van der Waals surface area contributed by atoms with Crippen LogP contribution in [0.3, 0.4) is 0 Å². The highest BCUT2D eigenvalue weighted by Gasteiger charge is 1.98. The van der Waals surface area contributed by atoms with Crippen molar-refractivity contribution in [1.29, 1.82) is 0 Å². The van der Waals surface area contributed by atoms with Crippen LogP contribution in [0.1, 0.15) is 0 Å². The minimum absolute atomic E-state index is 0.416. The molecule has 0 saturated heterocycles. The van der Waals surface area contributed by atoms with Gasteiger partial charge in [-0.3, -0.25) is 0 Å². The fraction of sp³-hybridized carbons (Fsp3) is 0.400. The molecule has 0 fully saturated rings. The molecule has 0 bridgehead atoms. The van der Waals surface area contributed by atoms with Gasteiger partial charge in [-0.05, 0) is 0 Å². The van der Waals surface area contributed by atoms with E-state index in [9.17, 15) is 0 Å². The van der Waals surface area contributed by atoms with E-state index in [4.69, 9.17) is 4.74 Å². The van der Waals surface area contributed by atoms with Gasteiger partial charge in [-0.15, -0.1) is 0 Å². The molecular formula is C5H8N2O2. The first-order chi connectivity index (χ1) is 4.36. The molecule has 4 heteroatoms. The van der Waals surface area contributed by atoms with Gasteiger partial charge in [-0.25, -0.2) is 0 Å². The Bertz CT molecular complexity index is 166. The van der Waals surface area contributed by atoms with Crippen LogP contribution >= 0.6 is 0 Å². The molecule has 0 atom stereocenters. The molecule has 50 valence electrons. The molecular weight excluding hydrogens is 120 g/mol. The van der Waals surface area contributed by atoms with E-state index in [1.807, 2.05) is 0 Å². The number of nitrogens with one attached hydrogen (secondary N) is 1. The summed E-state index contributed by atoms with van der Waals surface area (Å²) in [5.74, 6) is 1.09. The lowest BCUT2D eigenvalue weighted by Gasteiger charge is -1.84.